The Morgan fingerprint density at radius 2 is 1.82 bits per heavy atom. The lowest BCUT2D eigenvalue weighted by atomic mass is 10.0. The van der Waals surface area contributed by atoms with Crippen molar-refractivity contribution in [2.45, 2.75) is 12.6 Å². The van der Waals surface area contributed by atoms with Gasteiger partial charge in [0.25, 0.3) is 5.91 Å². The first-order valence-corrected chi connectivity index (χ1v) is 8.97. The van der Waals surface area contributed by atoms with E-state index >= 15 is 0 Å². The average molecular weight is 377 g/mol. The molecule has 1 fully saturated rings. The number of benzene rings is 2. The molecule has 2 aromatic carbocycles. The fourth-order valence-electron chi connectivity index (χ4n) is 3.55. The summed E-state index contributed by atoms with van der Waals surface area (Å²) in [6.07, 6.45) is 0. The van der Waals surface area contributed by atoms with Crippen molar-refractivity contribution < 1.29 is 19.5 Å². The molecule has 0 aliphatic carbocycles. The molecule has 0 bridgehead atoms. The van der Waals surface area contributed by atoms with Crippen LogP contribution in [0.3, 0.4) is 0 Å². The lowest BCUT2D eigenvalue weighted by molar-refractivity contribution is -0.142. The summed E-state index contributed by atoms with van der Waals surface area (Å²) in [5.74, 6) is -2.99. The van der Waals surface area contributed by atoms with Crippen LogP contribution in [0.15, 0.2) is 60.7 Å². The minimum atomic E-state index is -1.11. The minimum Gasteiger partial charge on any atom is -0.481 e. The molecule has 2 atom stereocenters. The van der Waals surface area contributed by atoms with E-state index in [9.17, 15) is 19.5 Å². The molecule has 0 spiro atoms. The van der Waals surface area contributed by atoms with Gasteiger partial charge in [0.2, 0.25) is 5.91 Å². The Morgan fingerprint density at radius 3 is 2.54 bits per heavy atom. The molecule has 0 saturated carbocycles. The van der Waals surface area contributed by atoms with E-state index in [0.717, 1.165) is 16.5 Å². The molecule has 0 radical (unpaired) electrons. The number of fused-ring (bicyclic) bond motifs is 1. The summed E-state index contributed by atoms with van der Waals surface area (Å²) < 4.78 is 0. The fraction of sp³-hybridized carbons (Fsp3) is 0.190. The highest BCUT2D eigenvalue weighted by Gasteiger charge is 2.45. The van der Waals surface area contributed by atoms with Crippen LogP contribution in [0.4, 0.5) is 0 Å². The number of rotatable bonds is 5. The van der Waals surface area contributed by atoms with E-state index in [1.54, 1.807) is 6.07 Å². The summed E-state index contributed by atoms with van der Waals surface area (Å²) in [6, 6.07) is 17.3. The first-order valence-electron chi connectivity index (χ1n) is 8.97. The van der Waals surface area contributed by atoms with Gasteiger partial charge in [-0.25, -0.2) is 0 Å². The fourth-order valence-corrected chi connectivity index (χ4v) is 3.55. The van der Waals surface area contributed by atoms with Crippen molar-refractivity contribution in [2.24, 2.45) is 5.92 Å². The molecule has 142 valence electrons. The number of aromatic amines is 1. The Labute approximate surface area is 161 Å². The van der Waals surface area contributed by atoms with Gasteiger partial charge in [-0.05, 0) is 17.7 Å². The van der Waals surface area contributed by atoms with E-state index in [0.29, 0.717) is 12.2 Å². The molecule has 1 aliphatic heterocycles. The number of H-pyrrole nitrogens is 1. The molecular weight excluding hydrogens is 358 g/mol. The van der Waals surface area contributed by atoms with Crippen LogP contribution in [0.5, 0.6) is 0 Å². The third-order valence-corrected chi connectivity index (χ3v) is 4.99. The number of para-hydroxylation sites is 1. The molecule has 4 rings (SSSR count). The molecule has 3 aromatic rings. The first-order chi connectivity index (χ1) is 13.5. The number of carbonyl (C=O) groups excluding carboxylic acids is 2. The Balaban J connectivity index is 1.53. The minimum absolute atomic E-state index is 0.0563. The van der Waals surface area contributed by atoms with E-state index in [2.05, 4.69) is 10.3 Å². The van der Waals surface area contributed by atoms with Crippen LogP contribution in [0.2, 0.25) is 0 Å². The molecular formula is C21H19N3O4. The average Bonchev–Trinajstić information content (AvgIpc) is 3.25. The number of carboxylic acids is 1. The molecule has 2 amide bonds. The van der Waals surface area contributed by atoms with Crippen molar-refractivity contribution in [1.82, 2.24) is 15.2 Å². The molecule has 1 aliphatic rings. The van der Waals surface area contributed by atoms with Crippen LogP contribution in [-0.4, -0.2) is 45.4 Å². The van der Waals surface area contributed by atoms with Gasteiger partial charge in [0.05, 0.1) is 0 Å². The third kappa shape index (κ3) is 3.34. The quantitative estimate of drug-likeness (QED) is 0.633. The van der Waals surface area contributed by atoms with Crippen molar-refractivity contribution in [2.75, 3.05) is 6.54 Å². The third-order valence-electron chi connectivity index (χ3n) is 4.99. The zero-order valence-corrected chi connectivity index (χ0v) is 15.0. The molecule has 2 heterocycles. The van der Waals surface area contributed by atoms with Crippen LogP contribution in [0.1, 0.15) is 16.1 Å². The van der Waals surface area contributed by atoms with E-state index < -0.39 is 23.8 Å². The molecule has 0 unspecified atom stereocenters. The predicted molar refractivity (Wildman–Crippen MR) is 103 cm³/mol. The Bertz CT molecular complexity index is 1010. The van der Waals surface area contributed by atoms with Gasteiger partial charge in [-0.1, -0.05) is 48.5 Å². The summed E-state index contributed by atoms with van der Waals surface area (Å²) in [5, 5.41) is 13.0. The van der Waals surface area contributed by atoms with E-state index in [1.165, 1.54) is 4.90 Å². The number of nitrogens with zero attached hydrogens (tertiary/aromatic N) is 1. The number of carboxylic acid groups (broad SMARTS) is 1. The summed E-state index contributed by atoms with van der Waals surface area (Å²) in [4.78, 5) is 41.6. The van der Waals surface area contributed by atoms with Crippen LogP contribution >= 0.6 is 0 Å². The summed E-state index contributed by atoms with van der Waals surface area (Å²) in [5.41, 5.74) is 1.99. The second-order valence-electron chi connectivity index (χ2n) is 6.87. The number of aromatic nitrogens is 1. The summed E-state index contributed by atoms with van der Waals surface area (Å²) >= 11 is 0. The second-order valence-corrected chi connectivity index (χ2v) is 6.87. The van der Waals surface area contributed by atoms with E-state index in [4.69, 9.17) is 0 Å². The molecule has 1 saturated heterocycles. The van der Waals surface area contributed by atoms with Crippen molar-refractivity contribution >= 4 is 28.7 Å². The van der Waals surface area contributed by atoms with Crippen molar-refractivity contribution in [1.29, 1.82) is 0 Å². The number of nitrogens with one attached hydrogen (secondary N) is 2. The molecule has 1 aromatic heterocycles. The van der Waals surface area contributed by atoms with Crippen molar-refractivity contribution in [3.8, 4) is 0 Å². The van der Waals surface area contributed by atoms with Gasteiger partial charge in [-0.2, -0.15) is 0 Å². The smallest absolute Gasteiger partial charge is 0.310 e. The molecule has 7 heteroatoms. The SMILES string of the molecule is O=C(N[C@H]1C(=O)N(Cc2ccccc2)C[C@H]1C(=O)O)c1cc2ccccc2[nH]1. The maximum absolute atomic E-state index is 12.8. The van der Waals surface area contributed by atoms with Crippen LogP contribution in [0, 0.1) is 5.92 Å². The highest BCUT2D eigenvalue weighted by atomic mass is 16.4. The van der Waals surface area contributed by atoms with Gasteiger partial charge >= 0.3 is 5.97 Å². The maximum atomic E-state index is 12.8. The number of amides is 2. The highest BCUT2D eigenvalue weighted by Crippen LogP contribution is 2.22. The maximum Gasteiger partial charge on any atom is 0.310 e. The largest absolute Gasteiger partial charge is 0.481 e. The van der Waals surface area contributed by atoms with Gasteiger partial charge in [0, 0.05) is 24.0 Å². The highest BCUT2D eigenvalue weighted by molar-refractivity contribution is 6.01. The second kappa shape index (κ2) is 7.19. The number of hydrogen-bond acceptors (Lipinski definition) is 3. The molecule has 28 heavy (non-hydrogen) atoms. The van der Waals surface area contributed by atoms with Gasteiger partial charge < -0.3 is 20.3 Å². The first kappa shape index (κ1) is 17.8. The normalized spacial score (nSPS) is 19.1. The van der Waals surface area contributed by atoms with Gasteiger partial charge in [0.1, 0.15) is 17.7 Å². The lowest BCUT2D eigenvalue weighted by Crippen LogP contribution is -2.46. The van der Waals surface area contributed by atoms with E-state index in [-0.39, 0.29) is 12.5 Å². The predicted octanol–water partition coefficient (Wildman–Crippen LogP) is 2.01. The zero-order valence-electron chi connectivity index (χ0n) is 15.0. The van der Waals surface area contributed by atoms with Crippen LogP contribution in [0.25, 0.3) is 10.9 Å². The van der Waals surface area contributed by atoms with Crippen molar-refractivity contribution in [3.63, 3.8) is 0 Å². The van der Waals surface area contributed by atoms with Gasteiger partial charge in [0.15, 0.2) is 0 Å². The van der Waals surface area contributed by atoms with Gasteiger partial charge in [-0.3, -0.25) is 14.4 Å². The van der Waals surface area contributed by atoms with Crippen LogP contribution in [-0.2, 0) is 16.1 Å². The zero-order chi connectivity index (χ0) is 19.7. The topological polar surface area (TPSA) is 102 Å². The Hall–Kier alpha value is -3.61. The Morgan fingerprint density at radius 1 is 1.11 bits per heavy atom. The summed E-state index contributed by atoms with van der Waals surface area (Å²) in [6.45, 7) is 0.364. The van der Waals surface area contributed by atoms with Crippen molar-refractivity contribution in [3.05, 3.63) is 71.9 Å². The number of likely N-dealkylation sites (tertiary alicyclic amines) is 1. The molecule has 3 N–H and O–H groups in total. The monoisotopic (exact) mass is 377 g/mol. The number of aliphatic carboxylic acids is 1. The lowest BCUT2D eigenvalue weighted by Gasteiger charge is -2.17. The van der Waals surface area contributed by atoms with Gasteiger partial charge in [-0.15, -0.1) is 0 Å². The van der Waals surface area contributed by atoms with E-state index in [1.807, 2.05) is 54.6 Å². The number of hydrogen-bond donors (Lipinski definition) is 3. The summed E-state index contributed by atoms with van der Waals surface area (Å²) in [7, 11) is 0. The standard InChI is InChI=1S/C21H19N3O4/c25-19(17-10-14-8-4-5-9-16(14)22-17)23-18-15(21(27)28)12-24(20(18)26)11-13-6-2-1-3-7-13/h1-10,15,18,22H,11-12H2,(H,23,25)(H,27,28)/t15-,18-/m1/s1. The number of carbonyl (C=O) groups is 3. The Kier molecular flexibility index (Phi) is 4.57. The van der Waals surface area contributed by atoms with Crippen LogP contribution < -0.4 is 5.32 Å². The molecule has 7 nitrogen and oxygen atoms in total.